The lowest BCUT2D eigenvalue weighted by atomic mass is 10.1. The van der Waals surface area contributed by atoms with Crippen molar-refractivity contribution in [3.8, 4) is 0 Å². The summed E-state index contributed by atoms with van der Waals surface area (Å²) in [6.45, 7) is 3.59. The number of aromatic nitrogens is 1. The van der Waals surface area contributed by atoms with Crippen molar-refractivity contribution in [3.05, 3.63) is 53.0 Å². The van der Waals surface area contributed by atoms with E-state index in [4.69, 9.17) is 4.74 Å². The third-order valence-electron chi connectivity index (χ3n) is 3.51. The van der Waals surface area contributed by atoms with Gasteiger partial charge in [-0.05, 0) is 36.8 Å². The van der Waals surface area contributed by atoms with Gasteiger partial charge in [-0.15, -0.1) is 0 Å². The number of hydrogen-bond acceptors (Lipinski definition) is 6. The molecule has 25 heavy (non-hydrogen) atoms. The number of carbonyl (C=O) groups excluding carboxylic acids is 1. The number of nitrogens with one attached hydrogen (secondary N) is 1. The summed E-state index contributed by atoms with van der Waals surface area (Å²) in [7, 11) is -3.80. The average Bonchev–Trinajstić information content (AvgIpc) is 2.94. The van der Waals surface area contributed by atoms with Crippen molar-refractivity contribution in [1.82, 2.24) is 4.98 Å². The fourth-order valence-electron chi connectivity index (χ4n) is 2.33. The molecule has 0 unspecified atom stereocenters. The molecule has 0 radical (unpaired) electrons. The number of hydrogen-bond donors (Lipinski definition) is 1. The van der Waals surface area contributed by atoms with E-state index in [1.807, 2.05) is 24.3 Å². The third kappa shape index (κ3) is 3.64. The molecule has 0 amide bonds. The van der Waals surface area contributed by atoms with E-state index in [1.54, 1.807) is 26.0 Å². The van der Waals surface area contributed by atoms with Crippen LogP contribution in [0.25, 0.3) is 10.8 Å². The first kappa shape index (κ1) is 17.4. The number of esters is 1. The maximum Gasteiger partial charge on any atom is 0.350 e. The number of ether oxygens (including phenoxy) is 1. The van der Waals surface area contributed by atoms with Gasteiger partial charge in [0.1, 0.15) is 4.88 Å². The predicted molar refractivity (Wildman–Crippen MR) is 97.6 cm³/mol. The summed E-state index contributed by atoms with van der Waals surface area (Å²) in [6, 6.07) is 12.4. The molecular formula is C17H16N2O4S2. The van der Waals surface area contributed by atoms with Crippen LogP contribution in [0.2, 0.25) is 0 Å². The fourth-order valence-corrected chi connectivity index (χ4v) is 4.46. The van der Waals surface area contributed by atoms with Crippen LogP contribution < -0.4 is 4.72 Å². The van der Waals surface area contributed by atoms with E-state index >= 15 is 0 Å². The van der Waals surface area contributed by atoms with Gasteiger partial charge in [0.25, 0.3) is 10.0 Å². The number of rotatable bonds is 5. The Labute approximate surface area is 149 Å². The Bertz CT molecular complexity index is 1040. The van der Waals surface area contributed by atoms with Gasteiger partial charge in [0.05, 0.1) is 17.2 Å². The molecule has 0 saturated heterocycles. The predicted octanol–water partition coefficient (Wildman–Crippen LogP) is 3.58. The standard InChI is InChI=1S/C17H16N2O4S2/c1-3-23-16(20)15-11(2)18-17(24-15)19-25(21,22)14-9-8-12-6-4-5-7-13(12)10-14/h4-10H,3H2,1-2H3,(H,18,19). The van der Waals surface area contributed by atoms with Crippen LogP contribution in [0.4, 0.5) is 5.13 Å². The number of anilines is 1. The molecule has 6 nitrogen and oxygen atoms in total. The fraction of sp³-hybridized carbons (Fsp3) is 0.176. The monoisotopic (exact) mass is 376 g/mol. The molecular weight excluding hydrogens is 360 g/mol. The minimum atomic E-state index is -3.80. The molecule has 3 rings (SSSR count). The molecule has 0 atom stereocenters. The second-order valence-corrected chi connectivity index (χ2v) is 7.95. The van der Waals surface area contributed by atoms with Crippen LogP contribution in [0.1, 0.15) is 22.3 Å². The lowest BCUT2D eigenvalue weighted by molar-refractivity contribution is 0.0531. The summed E-state index contributed by atoms with van der Waals surface area (Å²) in [5, 5.41) is 1.91. The lowest BCUT2D eigenvalue weighted by Crippen LogP contribution is -2.12. The van der Waals surface area contributed by atoms with Gasteiger partial charge in [-0.3, -0.25) is 4.72 Å². The highest BCUT2D eigenvalue weighted by Gasteiger charge is 2.21. The van der Waals surface area contributed by atoms with Crippen LogP contribution in [0, 0.1) is 6.92 Å². The van der Waals surface area contributed by atoms with Crippen molar-refractivity contribution in [2.45, 2.75) is 18.7 Å². The molecule has 0 saturated carbocycles. The molecule has 0 bridgehead atoms. The molecule has 0 aliphatic rings. The van der Waals surface area contributed by atoms with E-state index in [-0.39, 0.29) is 21.5 Å². The summed E-state index contributed by atoms with van der Waals surface area (Å²) in [5.41, 5.74) is 0.430. The summed E-state index contributed by atoms with van der Waals surface area (Å²) < 4.78 is 32.6. The van der Waals surface area contributed by atoms with Crippen molar-refractivity contribution in [3.63, 3.8) is 0 Å². The van der Waals surface area contributed by atoms with Crippen molar-refractivity contribution < 1.29 is 17.9 Å². The van der Waals surface area contributed by atoms with E-state index in [0.717, 1.165) is 22.1 Å². The molecule has 3 aromatic rings. The molecule has 8 heteroatoms. The average molecular weight is 376 g/mol. The first-order valence-corrected chi connectivity index (χ1v) is 9.87. The molecule has 1 N–H and O–H groups in total. The Morgan fingerprint density at radius 2 is 1.92 bits per heavy atom. The minimum Gasteiger partial charge on any atom is -0.462 e. The maximum absolute atomic E-state index is 12.6. The number of carbonyl (C=O) groups is 1. The SMILES string of the molecule is CCOC(=O)c1sc(NS(=O)(=O)c2ccc3ccccc3c2)nc1C. The number of thiazole rings is 1. The molecule has 1 heterocycles. The Morgan fingerprint density at radius 1 is 1.20 bits per heavy atom. The van der Waals surface area contributed by atoms with Gasteiger partial charge in [0.15, 0.2) is 5.13 Å². The van der Waals surface area contributed by atoms with Crippen molar-refractivity contribution in [2.75, 3.05) is 11.3 Å². The minimum absolute atomic E-state index is 0.133. The first-order valence-electron chi connectivity index (χ1n) is 7.57. The summed E-state index contributed by atoms with van der Waals surface area (Å²) in [6.07, 6.45) is 0. The smallest absolute Gasteiger partial charge is 0.350 e. The van der Waals surface area contributed by atoms with Crippen LogP contribution in [-0.2, 0) is 14.8 Å². The van der Waals surface area contributed by atoms with Crippen LogP contribution >= 0.6 is 11.3 Å². The Kier molecular flexibility index (Phi) is 4.73. The zero-order valence-electron chi connectivity index (χ0n) is 13.6. The summed E-state index contributed by atoms with van der Waals surface area (Å²) in [5.74, 6) is -0.506. The molecule has 0 aliphatic carbocycles. The largest absolute Gasteiger partial charge is 0.462 e. The normalized spacial score (nSPS) is 11.4. The topological polar surface area (TPSA) is 85.4 Å². The maximum atomic E-state index is 12.6. The van der Waals surface area contributed by atoms with Crippen LogP contribution in [0.3, 0.4) is 0 Å². The second kappa shape index (κ2) is 6.81. The number of aryl methyl sites for hydroxylation is 1. The molecule has 0 fully saturated rings. The molecule has 1 aromatic heterocycles. The highest BCUT2D eigenvalue weighted by molar-refractivity contribution is 7.93. The van der Waals surface area contributed by atoms with E-state index in [2.05, 4.69) is 9.71 Å². The third-order valence-corrected chi connectivity index (χ3v) is 6.03. The van der Waals surface area contributed by atoms with Gasteiger partial charge >= 0.3 is 5.97 Å². The Hall–Kier alpha value is -2.45. The van der Waals surface area contributed by atoms with E-state index in [9.17, 15) is 13.2 Å². The zero-order chi connectivity index (χ0) is 18.0. The molecule has 2 aromatic carbocycles. The molecule has 0 aliphatic heterocycles. The number of sulfonamides is 1. The highest BCUT2D eigenvalue weighted by Crippen LogP contribution is 2.27. The van der Waals surface area contributed by atoms with Crippen LogP contribution in [-0.4, -0.2) is 26.0 Å². The highest BCUT2D eigenvalue weighted by atomic mass is 32.2. The van der Waals surface area contributed by atoms with Gasteiger partial charge in [-0.1, -0.05) is 41.7 Å². The number of fused-ring (bicyclic) bond motifs is 1. The van der Waals surface area contributed by atoms with Crippen molar-refractivity contribution in [1.29, 1.82) is 0 Å². The van der Waals surface area contributed by atoms with Gasteiger partial charge < -0.3 is 4.74 Å². The van der Waals surface area contributed by atoms with Gasteiger partial charge in [0, 0.05) is 0 Å². The van der Waals surface area contributed by atoms with E-state index < -0.39 is 16.0 Å². The lowest BCUT2D eigenvalue weighted by Gasteiger charge is -2.06. The number of benzene rings is 2. The van der Waals surface area contributed by atoms with Gasteiger partial charge in [-0.25, -0.2) is 18.2 Å². The second-order valence-electron chi connectivity index (χ2n) is 5.27. The van der Waals surface area contributed by atoms with Gasteiger partial charge in [-0.2, -0.15) is 0 Å². The van der Waals surface area contributed by atoms with Gasteiger partial charge in [0.2, 0.25) is 0 Å². The van der Waals surface area contributed by atoms with Crippen LogP contribution in [0.5, 0.6) is 0 Å². The van der Waals surface area contributed by atoms with E-state index in [0.29, 0.717) is 5.69 Å². The summed E-state index contributed by atoms with van der Waals surface area (Å²) >= 11 is 0.957. The quantitative estimate of drug-likeness (QED) is 0.688. The molecule has 0 spiro atoms. The summed E-state index contributed by atoms with van der Waals surface area (Å²) in [4.78, 5) is 16.4. The zero-order valence-corrected chi connectivity index (χ0v) is 15.3. The van der Waals surface area contributed by atoms with Crippen LogP contribution in [0.15, 0.2) is 47.4 Å². The number of nitrogens with zero attached hydrogens (tertiary/aromatic N) is 1. The van der Waals surface area contributed by atoms with E-state index in [1.165, 1.54) is 6.07 Å². The molecule has 130 valence electrons. The Morgan fingerprint density at radius 3 is 2.64 bits per heavy atom. The van der Waals surface area contributed by atoms with Crippen molar-refractivity contribution in [2.24, 2.45) is 0 Å². The first-order chi connectivity index (χ1) is 11.9. The van der Waals surface area contributed by atoms with Crippen molar-refractivity contribution >= 4 is 43.2 Å². The Balaban J connectivity index is 1.90.